The van der Waals surface area contributed by atoms with Crippen LogP contribution < -0.4 is 5.32 Å². The molecular weight excluding hydrogens is 333 g/mol. The van der Waals surface area contributed by atoms with E-state index < -0.39 is 0 Å². The molecule has 26 heavy (non-hydrogen) atoms. The molecule has 5 nitrogen and oxygen atoms in total. The third-order valence-electron chi connectivity index (χ3n) is 5.05. The summed E-state index contributed by atoms with van der Waals surface area (Å²) in [7, 11) is 0. The number of carbonyl (C=O) groups is 2. The summed E-state index contributed by atoms with van der Waals surface area (Å²) in [5.41, 5.74) is 1.89. The van der Waals surface area contributed by atoms with E-state index >= 15 is 0 Å². The monoisotopic (exact) mass is 355 g/mol. The molecule has 2 aromatic rings. The van der Waals surface area contributed by atoms with Crippen LogP contribution in [0.2, 0.25) is 0 Å². The van der Waals surface area contributed by atoms with E-state index in [0.29, 0.717) is 12.6 Å². The molecule has 1 unspecified atom stereocenters. The Bertz CT molecular complexity index is 811. The van der Waals surface area contributed by atoms with E-state index in [9.17, 15) is 14.0 Å². The molecule has 1 aromatic carbocycles. The van der Waals surface area contributed by atoms with Crippen molar-refractivity contribution in [1.29, 1.82) is 0 Å². The third kappa shape index (κ3) is 3.49. The summed E-state index contributed by atoms with van der Waals surface area (Å²) >= 11 is 0. The number of nitrogens with one attached hydrogen (secondary N) is 1. The maximum Gasteiger partial charge on any atom is 0.223 e. The lowest BCUT2D eigenvalue weighted by Gasteiger charge is -2.37. The van der Waals surface area contributed by atoms with Gasteiger partial charge in [0.2, 0.25) is 11.8 Å². The highest BCUT2D eigenvalue weighted by Gasteiger charge is 2.32. The van der Waals surface area contributed by atoms with E-state index in [1.165, 1.54) is 12.1 Å². The Balaban J connectivity index is 1.52. The Labute approximate surface area is 151 Å². The highest BCUT2D eigenvalue weighted by atomic mass is 19.1. The number of fused-ring (bicyclic) bond motifs is 1. The van der Waals surface area contributed by atoms with Crippen LogP contribution >= 0.6 is 0 Å². The first-order valence-corrected chi connectivity index (χ1v) is 9.11. The maximum atomic E-state index is 13.3. The van der Waals surface area contributed by atoms with E-state index in [4.69, 9.17) is 0 Å². The lowest BCUT2D eigenvalue weighted by molar-refractivity contribution is -0.136. The lowest BCUT2D eigenvalue weighted by Crippen LogP contribution is -2.42. The summed E-state index contributed by atoms with van der Waals surface area (Å²) in [4.78, 5) is 26.6. The van der Waals surface area contributed by atoms with Crippen LogP contribution in [0.3, 0.4) is 0 Å². The summed E-state index contributed by atoms with van der Waals surface area (Å²) < 4.78 is 15.5. The van der Waals surface area contributed by atoms with E-state index in [-0.39, 0.29) is 36.5 Å². The fourth-order valence-corrected chi connectivity index (χ4v) is 3.54. The molecule has 1 aromatic heterocycles. The van der Waals surface area contributed by atoms with Crippen molar-refractivity contribution in [3.8, 4) is 0 Å². The second-order valence-electron chi connectivity index (χ2n) is 7.01. The number of aromatic nitrogens is 1. The topological polar surface area (TPSA) is 54.3 Å². The normalized spacial score (nSPS) is 19.1. The summed E-state index contributed by atoms with van der Waals surface area (Å²) in [5, 5.41) is 2.92. The highest BCUT2D eigenvalue weighted by Crippen LogP contribution is 2.33. The highest BCUT2D eigenvalue weighted by molar-refractivity contribution is 5.84. The number of amides is 2. The molecule has 1 fully saturated rings. The van der Waals surface area contributed by atoms with Gasteiger partial charge in [-0.1, -0.05) is 12.1 Å². The Morgan fingerprint density at radius 2 is 1.85 bits per heavy atom. The summed E-state index contributed by atoms with van der Waals surface area (Å²) in [6.45, 7) is 1.30. The molecule has 1 atom stereocenters. The molecule has 4 rings (SSSR count). The van der Waals surface area contributed by atoms with Crippen LogP contribution in [0.25, 0.3) is 0 Å². The maximum absolute atomic E-state index is 13.3. The average Bonchev–Trinajstić information content (AvgIpc) is 3.32. The molecule has 2 heterocycles. The van der Waals surface area contributed by atoms with Crippen molar-refractivity contribution >= 4 is 11.8 Å². The van der Waals surface area contributed by atoms with Crippen LogP contribution in [0, 0.1) is 5.82 Å². The second-order valence-corrected chi connectivity index (χ2v) is 7.01. The zero-order valence-electron chi connectivity index (χ0n) is 14.5. The van der Waals surface area contributed by atoms with E-state index in [1.54, 1.807) is 12.1 Å². The van der Waals surface area contributed by atoms with Gasteiger partial charge in [-0.15, -0.1) is 0 Å². The molecule has 136 valence electrons. The minimum Gasteiger partial charge on any atom is -0.353 e. The van der Waals surface area contributed by atoms with Gasteiger partial charge in [-0.25, -0.2) is 4.39 Å². The van der Waals surface area contributed by atoms with Gasteiger partial charge in [0.1, 0.15) is 5.82 Å². The second kappa shape index (κ2) is 6.94. The van der Waals surface area contributed by atoms with Gasteiger partial charge in [0.25, 0.3) is 0 Å². The largest absolute Gasteiger partial charge is 0.353 e. The summed E-state index contributed by atoms with van der Waals surface area (Å²) in [6.07, 6.45) is 4.47. The minimum atomic E-state index is -0.297. The minimum absolute atomic E-state index is 0.0438. The number of hydrogen-bond acceptors (Lipinski definition) is 2. The van der Waals surface area contributed by atoms with Crippen molar-refractivity contribution in [3.63, 3.8) is 0 Å². The van der Waals surface area contributed by atoms with Gasteiger partial charge in [-0.3, -0.25) is 9.59 Å². The standard InChI is InChI=1S/C20H22FN3O2/c21-15-5-3-14(4-6-15)20-17-2-1-11-23(17)12-13-24(20)19(26)10-9-18(25)22-16-7-8-16/h1-6,11,16,20H,7-10,12-13H2,(H,22,25). The predicted octanol–water partition coefficient (Wildman–Crippen LogP) is 2.62. The fraction of sp³-hybridized carbons (Fsp3) is 0.400. The summed E-state index contributed by atoms with van der Waals surface area (Å²) in [5.74, 6) is -0.396. The molecule has 0 spiro atoms. The van der Waals surface area contributed by atoms with Crippen molar-refractivity contribution in [2.45, 2.75) is 44.3 Å². The van der Waals surface area contributed by atoms with Gasteiger partial charge in [-0.2, -0.15) is 0 Å². The van der Waals surface area contributed by atoms with Gasteiger partial charge >= 0.3 is 0 Å². The zero-order valence-corrected chi connectivity index (χ0v) is 14.5. The Morgan fingerprint density at radius 1 is 1.08 bits per heavy atom. The van der Waals surface area contributed by atoms with Gasteiger partial charge in [0.05, 0.1) is 6.04 Å². The van der Waals surface area contributed by atoms with E-state index in [2.05, 4.69) is 9.88 Å². The smallest absolute Gasteiger partial charge is 0.223 e. The first kappa shape index (κ1) is 16.8. The number of nitrogens with zero attached hydrogens (tertiary/aromatic N) is 2. The summed E-state index contributed by atoms with van der Waals surface area (Å²) in [6, 6.07) is 10.3. The number of rotatable bonds is 5. The van der Waals surface area contributed by atoms with Crippen LogP contribution in [0.15, 0.2) is 42.6 Å². The van der Waals surface area contributed by atoms with E-state index in [0.717, 1.165) is 30.6 Å². The predicted molar refractivity (Wildman–Crippen MR) is 94.8 cm³/mol. The lowest BCUT2D eigenvalue weighted by atomic mass is 9.99. The zero-order chi connectivity index (χ0) is 18.1. The molecular formula is C20H22FN3O2. The van der Waals surface area contributed by atoms with Crippen molar-refractivity contribution in [2.24, 2.45) is 0 Å². The number of benzene rings is 1. The SMILES string of the molecule is O=C(CCC(=O)N1CCn2cccc2C1c1ccc(F)cc1)NC1CC1. The Hall–Kier alpha value is -2.63. The molecule has 1 aliphatic heterocycles. The molecule has 0 bridgehead atoms. The fourth-order valence-electron chi connectivity index (χ4n) is 3.54. The van der Waals surface area contributed by atoms with Crippen LogP contribution in [-0.4, -0.2) is 33.9 Å². The van der Waals surface area contributed by atoms with Gasteiger partial charge in [0.15, 0.2) is 0 Å². The van der Waals surface area contributed by atoms with Crippen LogP contribution in [0.5, 0.6) is 0 Å². The molecule has 0 radical (unpaired) electrons. The Morgan fingerprint density at radius 3 is 2.58 bits per heavy atom. The van der Waals surface area contributed by atoms with Crippen LogP contribution in [-0.2, 0) is 16.1 Å². The molecule has 0 saturated heterocycles. The van der Waals surface area contributed by atoms with Gasteiger partial charge < -0.3 is 14.8 Å². The number of carbonyl (C=O) groups excluding carboxylic acids is 2. The molecule has 2 amide bonds. The molecule has 6 heteroatoms. The van der Waals surface area contributed by atoms with E-state index in [1.807, 2.05) is 23.2 Å². The molecule has 1 saturated carbocycles. The van der Waals surface area contributed by atoms with Gasteiger partial charge in [0, 0.05) is 43.9 Å². The molecule has 2 aliphatic rings. The van der Waals surface area contributed by atoms with Crippen molar-refractivity contribution in [2.75, 3.05) is 6.54 Å². The van der Waals surface area contributed by atoms with Crippen LogP contribution in [0.4, 0.5) is 4.39 Å². The van der Waals surface area contributed by atoms with Crippen LogP contribution in [0.1, 0.15) is 43.0 Å². The van der Waals surface area contributed by atoms with Crippen molar-refractivity contribution in [1.82, 2.24) is 14.8 Å². The average molecular weight is 355 g/mol. The first-order chi connectivity index (χ1) is 12.6. The first-order valence-electron chi connectivity index (χ1n) is 9.11. The quantitative estimate of drug-likeness (QED) is 0.896. The van der Waals surface area contributed by atoms with Crippen molar-refractivity contribution < 1.29 is 14.0 Å². The molecule has 1 N–H and O–H groups in total. The number of hydrogen-bond donors (Lipinski definition) is 1. The molecule has 1 aliphatic carbocycles. The number of halogens is 1. The van der Waals surface area contributed by atoms with Gasteiger partial charge in [-0.05, 0) is 42.7 Å². The third-order valence-corrected chi connectivity index (χ3v) is 5.05. The Kier molecular flexibility index (Phi) is 4.49. The van der Waals surface area contributed by atoms with Crippen molar-refractivity contribution in [3.05, 3.63) is 59.7 Å².